The number of rotatable bonds is 8. The molecule has 7 heteroatoms. The van der Waals surface area contributed by atoms with E-state index in [2.05, 4.69) is 29.6 Å². The number of carboxylic acid groups (broad SMARTS) is 1. The largest absolute Gasteiger partial charge is 0.481 e. The number of aliphatic carboxylic acids is 1. The van der Waals surface area contributed by atoms with Gasteiger partial charge in [0.15, 0.2) is 0 Å². The van der Waals surface area contributed by atoms with Gasteiger partial charge in [-0.3, -0.25) is 9.59 Å². The second-order valence-corrected chi connectivity index (χ2v) is 9.74. The van der Waals surface area contributed by atoms with E-state index in [-0.39, 0.29) is 30.3 Å². The number of benzene rings is 2. The number of nitrogens with zero attached hydrogens (tertiary/aromatic N) is 1. The van der Waals surface area contributed by atoms with Crippen molar-refractivity contribution in [3.8, 4) is 11.1 Å². The first-order valence-corrected chi connectivity index (χ1v) is 12.5. The van der Waals surface area contributed by atoms with E-state index >= 15 is 0 Å². The third kappa shape index (κ3) is 5.50. The molecule has 0 aromatic heterocycles. The van der Waals surface area contributed by atoms with Crippen molar-refractivity contribution in [3.05, 3.63) is 59.7 Å². The Balaban J connectivity index is 1.26. The Kier molecular flexibility index (Phi) is 7.73. The van der Waals surface area contributed by atoms with Gasteiger partial charge in [-0.1, -0.05) is 68.8 Å². The van der Waals surface area contributed by atoms with E-state index in [4.69, 9.17) is 4.74 Å². The second kappa shape index (κ2) is 10.9. The lowest BCUT2D eigenvalue weighted by atomic mass is 9.86. The summed E-state index contributed by atoms with van der Waals surface area (Å²) in [6.07, 6.45) is 1.08. The fraction of sp³-hybridized carbons (Fsp3) is 0.464. The maximum Gasteiger partial charge on any atom is 0.407 e. The molecule has 4 rings (SSSR count). The maximum atomic E-state index is 12.8. The Morgan fingerprint density at radius 3 is 2.29 bits per heavy atom. The number of fused-ring (bicyclic) bond motifs is 3. The van der Waals surface area contributed by atoms with Gasteiger partial charge < -0.3 is 20.1 Å². The van der Waals surface area contributed by atoms with Gasteiger partial charge in [-0.05, 0) is 40.5 Å². The van der Waals surface area contributed by atoms with E-state index in [1.165, 1.54) is 22.3 Å². The molecule has 7 nitrogen and oxygen atoms in total. The van der Waals surface area contributed by atoms with Gasteiger partial charge >= 0.3 is 12.1 Å². The van der Waals surface area contributed by atoms with E-state index in [1.54, 1.807) is 4.90 Å². The lowest BCUT2D eigenvalue weighted by Crippen LogP contribution is -2.45. The molecule has 1 saturated heterocycles. The number of carbonyl (C=O) groups is 3. The molecule has 0 spiro atoms. The number of carbonyl (C=O) groups excluding carboxylic acids is 2. The van der Waals surface area contributed by atoms with Crippen molar-refractivity contribution in [2.75, 3.05) is 26.2 Å². The fourth-order valence-corrected chi connectivity index (χ4v) is 5.35. The summed E-state index contributed by atoms with van der Waals surface area (Å²) in [6.45, 7) is 5.43. The number of amides is 2. The Morgan fingerprint density at radius 2 is 1.71 bits per heavy atom. The molecule has 1 heterocycles. The van der Waals surface area contributed by atoms with E-state index in [1.807, 2.05) is 38.1 Å². The predicted molar refractivity (Wildman–Crippen MR) is 133 cm³/mol. The molecule has 0 bridgehead atoms. The van der Waals surface area contributed by atoms with Gasteiger partial charge in [-0.15, -0.1) is 0 Å². The van der Waals surface area contributed by atoms with E-state index < -0.39 is 18.0 Å². The smallest absolute Gasteiger partial charge is 0.407 e. The van der Waals surface area contributed by atoms with Crippen molar-refractivity contribution in [3.63, 3.8) is 0 Å². The van der Waals surface area contributed by atoms with Crippen LogP contribution in [0.1, 0.15) is 50.2 Å². The summed E-state index contributed by atoms with van der Waals surface area (Å²) >= 11 is 0. The zero-order chi connectivity index (χ0) is 24.9. The summed E-state index contributed by atoms with van der Waals surface area (Å²) in [4.78, 5) is 38.4. The summed E-state index contributed by atoms with van der Waals surface area (Å²) in [5.41, 5.74) is 4.70. The monoisotopic (exact) mass is 478 g/mol. The first-order chi connectivity index (χ1) is 16.9. The van der Waals surface area contributed by atoms with Crippen LogP contribution in [0, 0.1) is 17.8 Å². The average Bonchev–Trinajstić information content (AvgIpc) is 3.18. The predicted octanol–water partition coefficient (Wildman–Crippen LogP) is 4.51. The lowest BCUT2D eigenvalue weighted by molar-refractivity contribution is -0.148. The molecule has 1 aliphatic carbocycles. The first kappa shape index (κ1) is 24.8. The first-order valence-electron chi connectivity index (χ1n) is 12.5. The molecule has 1 fully saturated rings. The minimum atomic E-state index is -0.789. The van der Waals surface area contributed by atoms with Gasteiger partial charge in [0.05, 0.1) is 5.92 Å². The summed E-state index contributed by atoms with van der Waals surface area (Å²) < 4.78 is 5.60. The van der Waals surface area contributed by atoms with Gasteiger partial charge in [0, 0.05) is 32.0 Å². The van der Waals surface area contributed by atoms with Crippen molar-refractivity contribution >= 4 is 18.0 Å². The van der Waals surface area contributed by atoms with Crippen LogP contribution in [0.25, 0.3) is 11.1 Å². The summed E-state index contributed by atoms with van der Waals surface area (Å²) in [5, 5.41) is 12.1. The fourth-order valence-electron chi connectivity index (χ4n) is 5.35. The molecule has 2 aromatic carbocycles. The van der Waals surface area contributed by atoms with Crippen molar-refractivity contribution in [2.45, 2.75) is 39.0 Å². The minimum Gasteiger partial charge on any atom is -0.481 e. The van der Waals surface area contributed by atoms with Crippen LogP contribution < -0.4 is 5.32 Å². The number of nitrogens with one attached hydrogen (secondary N) is 1. The summed E-state index contributed by atoms with van der Waals surface area (Å²) in [5.74, 6) is -1.23. The SMILES string of the molecule is CCC(CNC(=O)OCC1c2ccccc2-c2ccccc21)CC(=O)N1CCC(C(=O)O)C(C)C1. The lowest BCUT2D eigenvalue weighted by Gasteiger charge is -2.35. The third-order valence-corrected chi connectivity index (χ3v) is 7.49. The van der Waals surface area contributed by atoms with Crippen LogP contribution >= 0.6 is 0 Å². The van der Waals surface area contributed by atoms with Crippen LogP contribution in [0.4, 0.5) is 4.79 Å². The summed E-state index contributed by atoms with van der Waals surface area (Å²) in [6, 6.07) is 16.4. The molecule has 2 N–H and O–H groups in total. The van der Waals surface area contributed by atoms with Crippen LogP contribution in [0.2, 0.25) is 0 Å². The molecule has 1 aliphatic heterocycles. The molecular weight excluding hydrogens is 444 g/mol. The van der Waals surface area contributed by atoms with Crippen LogP contribution in [0.15, 0.2) is 48.5 Å². The number of alkyl carbamates (subject to hydrolysis) is 1. The van der Waals surface area contributed by atoms with Gasteiger partial charge in [0.2, 0.25) is 5.91 Å². The van der Waals surface area contributed by atoms with E-state index in [9.17, 15) is 19.5 Å². The Hall–Kier alpha value is -3.35. The zero-order valence-corrected chi connectivity index (χ0v) is 20.4. The molecular formula is C28H34N2O5. The Morgan fingerprint density at radius 1 is 1.09 bits per heavy atom. The number of ether oxygens (including phenoxy) is 1. The molecule has 2 amide bonds. The van der Waals surface area contributed by atoms with E-state index in [0.717, 1.165) is 6.42 Å². The highest BCUT2D eigenvalue weighted by atomic mass is 16.5. The molecule has 2 aliphatic rings. The molecule has 0 saturated carbocycles. The van der Waals surface area contributed by atoms with Crippen LogP contribution in [0.3, 0.4) is 0 Å². The molecule has 0 radical (unpaired) electrons. The topological polar surface area (TPSA) is 95.9 Å². The Labute approximate surface area is 206 Å². The summed E-state index contributed by atoms with van der Waals surface area (Å²) in [7, 11) is 0. The maximum absolute atomic E-state index is 12.8. The van der Waals surface area contributed by atoms with Crippen LogP contribution in [-0.4, -0.2) is 54.2 Å². The van der Waals surface area contributed by atoms with Crippen LogP contribution in [-0.2, 0) is 14.3 Å². The van der Waals surface area contributed by atoms with E-state index in [0.29, 0.717) is 32.5 Å². The highest BCUT2D eigenvalue weighted by Gasteiger charge is 2.33. The van der Waals surface area contributed by atoms with Gasteiger partial charge in [0.25, 0.3) is 0 Å². The van der Waals surface area contributed by atoms with Gasteiger partial charge in [0.1, 0.15) is 6.61 Å². The molecule has 186 valence electrons. The number of hydrogen-bond acceptors (Lipinski definition) is 4. The number of carboxylic acids is 1. The third-order valence-electron chi connectivity index (χ3n) is 7.49. The molecule has 2 aromatic rings. The minimum absolute atomic E-state index is 0.00418. The van der Waals surface area contributed by atoms with Gasteiger partial charge in [-0.25, -0.2) is 4.79 Å². The second-order valence-electron chi connectivity index (χ2n) is 9.74. The molecule has 35 heavy (non-hydrogen) atoms. The van der Waals surface area contributed by atoms with Crippen molar-refractivity contribution in [1.29, 1.82) is 0 Å². The average molecular weight is 479 g/mol. The molecule has 3 unspecified atom stereocenters. The number of hydrogen-bond donors (Lipinski definition) is 2. The highest BCUT2D eigenvalue weighted by molar-refractivity contribution is 5.79. The quantitative estimate of drug-likeness (QED) is 0.582. The van der Waals surface area contributed by atoms with Crippen molar-refractivity contribution in [2.24, 2.45) is 17.8 Å². The zero-order valence-electron chi connectivity index (χ0n) is 20.4. The van der Waals surface area contributed by atoms with Gasteiger partial charge in [-0.2, -0.15) is 0 Å². The normalized spacial score (nSPS) is 20.0. The van der Waals surface area contributed by atoms with Crippen LogP contribution in [0.5, 0.6) is 0 Å². The standard InChI is InChI=1S/C28H34N2O5/c1-3-19(14-26(31)30-13-12-20(27(32)33)18(2)16-30)15-29-28(34)35-17-25-23-10-6-4-8-21(23)22-9-5-7-11-24(22)25/h4-11,18-20,25H,3,12-17H2,1-2H3,(H,29,34)(H,32,33). The van der Waals surface area contributed by atoms with Crippen molar-refractivity contribution in [1.82, 2.24) is 10.2 Å². The Bertz CT molecular complexity index is 1040. The highest BCUT2D eigenvalue weighted by Crippen LogP contribution is 2.44. The number of piperidine rings is 1. The molecule has 3 atom stereocenters. The number of likely N-dealkylation sites (tertiary alicyclic amines) is 1. The van der Waals surface area contributed by atoms with Crippen molar-refractivity contribution < 1.29 is 24.2 Å².